The van der Waals surface area contributed by atoms with Crippen LogP contribution in [0, 0.1) is 0 Å². The molecule has 0 saturated heterocycles. The zero-order valence-corrected chi connectivity index (χ0v) is 13.9. The predicted octanol–water partition coefficient (Wildman–Crippen LogP) is 1.60. The molecule has 0 aliphatic rings. The molecule has 0 aliphatic heterocycles. The molecule has 0 saturated carbocycles. The topological polar surface area (TPSA) is 89.7 Å². The first kappa shape index (κ1) is 16.9. The second kappa shape index (κ2) is 6.55. The van der Waals surface area contributed by atoms with Gasteiger partial charge in [0.25, 0.3) is 0 Å². The number of halogens is 1. The Kier molecular flexibility index (Phi) is 5.55. The van der Waals surface area contributed by atoms with Crippen molar-refractivity contribution < 1.29 is 17.9 Å². The first-order valence-electron chi connectivity index (χ1n) is 5.83. The van der Waals surface area contributed by atoms with E-state index in [1.165, 1.54) is 13.2 Å². The van der Waals surface area contributed by atoms with E-state index in [0.717, 1.165) is 4.31 Å². The number of anilines is 1. The highest BCUT2D eigenvalue weighted by atomic mass is 79.9. The van der Waals surface area contributed by atoms with Crippen molar-refractivity contribution in [1.29, 1.82) is 0 Å². The molecule has 0 amide bonds. The fourth-order valence-corrected chi connectivity index (χ4v) is 4.12. The van der Waals surface area contributed by atoms with E-state index < -0.39 is 22.0 Å². The summed E-state index contributed by atoms with van der Waals surface area (Å²) in [5, 5.41) is 0. The van der Waals surface area contributed by atoms with Gasteiger partial charge in [-0.05, 0) is 48.0 Å². The van der Waals surface area contributed by atoms with Gasteiger partial charge in [0.2, 0.25) is 10.0 Å². The van der Waals surface area contributed by atoms with Crippen LogP contribution in [-0.4, -0.2) is 38.4 Å². The van der Waals surface area contributed by atoms with Gasteiger partial charge >= 0.3 is 5.97 Å². The number of esters is 1. The standard InChI is InChI=1S/C12H17BrN2O4S/c1-8(2)15(7-12(16)19-3)20(17,18)11-6-9(14)4-5-10(11)13/h4-6,8H,7,14H2,1-3H3. The van der Waals surface area contributed by atoms with Crippen LogP contribution in [0.1, 0.15) is 13.8 Å². The van der Waals surface area contributed by atoms with E-state index in [-0.39, 0.29) is 11.4 Å². The number of carbonyl (C=O) groups excluding carboxylic acids is 1. The third kappa shape index (κ3) is 3.71. The third-order valence-corrected chi connectivity index (χ3v) is 5.65. The number of methoxy groups -OCH3 is 1. The smallest absolute Gasteiger partial charge is 0.321 e. The Bertz CT molecular complexity index is 601. The van der Waals surface area contributed by atoms with Crippen molar-refractivity contribution >= 4 is 37.6 Å². The van der Waals surface area contributed by atoms with E-state index >= 15 is 0 Å². The van der Waals surface area contributed by atoms with Crippen molar-refractivity contribution in [3.05, 3.63) is 22.7 Å². The van der Waals surface area contributed by atoms with Crippen molar-refractivity contribution in [2.75, 3.05) is 19.4 Å². The van der Waals surface area contributed by atoms with Gasteiger partial charge in [-0.15, -0.1) is 0 Å². The molecule has 0 aliphatic carbocycles. The minimum atomic E-state index is -3.85. The molecule has 0 unspecified atom stereocenters. The minimum absolute atomic E-state index is 0.0232. The summed E-state index contributed by atoms with van der Waals surface area (Å²) < 4.78 is 31.3. The molecule has 1 aromatic rings. The van der Waals surface area contributed by atoms with Crippen molar-refractivity contribution in [1.82, 2.24) is 4.31 Å². The average molecular weight is 365 g/mol. The molecule has 1 aromatic carbocycles. The molecular formula is C12H17BrN2O4S. The molecule has 0 aromatic heterocycles. The van der Waals surface area contributed by atoms with E-state index in [9.17, 15) is 13.2 Å². The summed E-state index contributed by atoms with van der Waals surface area (Å²) in [4.78, 5) is 11.4. The third-order valence-electron chi connectivity index (χ3n) is 2.63. The van der Waals surface area contributed by atoms with E-state index in [0.29, 0.717) is 10.2 Å². The van der Waals surface area contributed by atoms with Gasteiger partial charge in [0, 0.05) is 16.2 Å². The molecular weight excluding hydrogens is 348 g/mol. The van der Waals surface area contributed by atoms with Crippen LogP contribution in [0.25, 0.3) is 0 Å². The van der Waals surface area contributed by atoms with Crippen LogP contribution in [0.5, 0.6) is 0 Å². The van der Waals surface area contributed by atoms with Gasteiger partial charge < -0.3 is 10.5 Å². The molecule has 6 nitrogen and oxygen atoms in total. The summed E-state index contributed by atoms with van der Waals surface area (Å²) in [5.41, 5.74) is 5.96. The Labute approximate surface area is 127 Å². The second-order valence-corrected chi connectivity index (χ2v) is 7.12. The number of hydrogen-bond acceptors (Lipinski definition) is 5. The quantitative estimate of drug-likeness (QED) is 0.632. The molecule has 0 spiro atoms. The Morgan fingerprint density at radius 2 is 2.05 bits per heavy atom. The first-order valence-corrected chi connectivity index (χ1v) is 8.07. The number of nitrogens with zero attached hydrogens (tertiary/aromatic N) is 1. The Morgan fingerprint density at radius 1 is 1.45 bits per heavy atom. The number of ether oxygens (including phenoxy) is 1. The maximum absolute atomic E-state index is 12.6. The highest BCUT2D eigenvalue weighted by molar-refractivity contribution is 9.10. The Balaban J connectivity index is 3.30. The van der Waals surface area contributed by atoms with Gasteiger partial charge in [-0.25, -0.2) is 8.42 Å². The van der Waals surface area contributed by atoms with Crippen molar-refractivity contribution in [3.63, 3.8) is 0 Å². The lowest BCUT2D eigenvalue weighted by molar-refractivity contribution is -0.141. The largest absolute Gasteiger partial charge is 0.468 e. The average Bonchev–Trinajstić information content (AvgIpc) is 2.37. The van der Waals surface area contributed by atoms with Crippen molar-refractivity contribution in [3.8, 4) is 0 Å². The predicted molar refractivity (Wildman–Crippen MR) is 79.6 cm³/mol. The molecule has 0 heterocycles. The number of hydrogen-bond donors (Lipinski definition) is 1. The number of nitrogens with two attached hydrogens (primary N) is 1. The fourth-order valence-electron chi connectivity index (χ4n) is 1.58. The van der Waals surface area contributed by atoms with Gasteiger partial charge in [-0.2, -0.15) is 4.31 Å². The van der Waals surface area contributed by atoms with E-state index in [2.05, 4.69) is 20.7 Å². The minimum Gasteiger partial charge on any atom is -0.468 e. The van der Waals surface area contributed by atoms with Crippen LogP contribution in [0.4, 0.5) is 5.69 Å². The van der Waals surface area contributed by atoms with Crippen LogP contribution in [0.3, 0.4) is 0 Å². The van der Waals surface area contributed by atoms with Crippen molar-refractivity contribution in [2.24, 2.45) is 0 Å². The normalized spacial score (nSPS) is 11.9. The molecule has 0 bridgehead atoms. The lowest BCUT2D eigenvalue weighted by Crippen LogP contribution is -2.41. The van der Waals surface area contributed by atoms with Crippen LogP contribution in [0.15, 0.2) is 27.6 Å². The number of benzene rings is 1. The van der Waals surface area contributed by atoms with Gasteiger partial charge in [0.1, 0.15) is 6.54 Å². The Morgan fingerprint density at radius 3 is 2.55 bits per heavy atom. The zero-order valence-electron chi connectivity index (χ0n) is 11.5. The molecule has 20 heavy (non-hydrogen) atoms. The number of carbonyl (C=O) groups is 1. The van der Waals surface area contributed by atoms with Gasteiger partial charge in [-0.1, -0.05) is 0 Å². The maximum Gasteiger partial charge on any atom is 0.321 e. The van der Waals surface area contributed by atoms with Gasteiger partial charge in [-0.3, -0.25) is 4.79 Å². The second-order valence-electron chi connectivity index (χ2n) is 4.41. The van der Waals surface area contributed by atoms with E-state index in [4.69, 9.17) is 5.73 Å². The molecule has 8 heteroatoms. The summed E-state index contributed by atoms with van der Waals surface area (Å²) in [6, 6.07) is 4.10. The summed E-state index contributed by atoms with van der Waals surface area (Å²) >= 11 is 3.19. The lowest BCUT2D eigenvalue weighted by atomic mass is 10.3. The Hall–Kier alpha value is -1.12. The first-order chi connectivity index (χ1) is 9.20. The fraction of sp³-hybridized carbons (Fsp3) is 0.417. The van der Waals surface area contributed by atoms with Crippen LogP contribution >= 0.6 is 15.9 Å². The molecule has 2 N–H and O–H groups in total. The van der Waals surface area contributed by atoms with Gasteiger partial charge in [0.05, 0.1) is 12.0 Å². The summed E-state index contributed by atoms with van der Waals surface area (Å²) in [6.07, 6.45) is 0. The highest BCUT2D eigenvalue weighted by Gasteiger charge is 2.31. The molecule has 0 fully saturated rings. The number of sulfonamides is 1. The van der Waals surface area contributed by atoms with Crippen LogP contribution in [-0.2, 0) is 19.6 Å². The molecule has 1 rings (SSSR count). The van der Waals surface area contributed by atoms with Gasteiger partial charge in [0.15, 0.2) is 0 Å². The molecule has 112 valence electrons. The van der Waals surface area contributed by atoms with E-state index in [1.807, 2.05) is 0 Å². The summed E-state index contributed by atoms with van der Waals surface area (Å²) in [5.74, 6) is -0.623. The monoisotopic (exact) mass is 364 g/mol. The molecule has 0 radical (unpaired) electrons. The van der Waals surface area contributed by atoms with Crippen LogP contribution < -0.4 is 5.73 Å². The maximum atomic E-state index is 12.6. The van der Waals surface area contributed by atoms with Crippen LogP contribution in [0.2, 0.25) is 0 Å². The molecule has 0 atom stereocenters. The zero-order chi connectivity index (χ0) is 15.5. The summed E-state index contributed by atoms with van der Waals surface area (Å²) in [6.45, 7) is 3.01. The lowest BCUT2D eigenvalue weighted by Gasteiger charge is -2.25. The number of rotatable bonds is 5. The van der Waals surface area contributed by atoms with E-state index in [1.54, 1.807) is 26.0 Å². The SMILES string of the molecule is COC(=O)CN(C(C)C)S(=O)(=O)c1cc(N)ccc1Br. The van der Waals surface area contributed by atoms with Crippen molar-refractivity contribution in [2.45, 2.75) is 24.8 Å². The highest BCUT2D eigenvalue weighted by Crippen LogP contribution is 2.28. The summed E-state index contributed by atoms with van der Waals surface area (Å²) in [7, 11) is -2.64. The number of nitrogen functional groups attached to an aromatic ring is 1.